The van der Waals surface area contributed by atoms with Crippen LogP contribution < -0.4 is 4.74 Å². The third-order valence-corrected chi connectivity index (χ3v) is 7.40. The van der Waals surface area contributed by atoms with E-state index < -0.39 is 11.6 Å². The lowest BCUT2D eigenvalue weighted by Gasteiger charge is -2.28. The highest BCUT2D eigenvalue weighted by molar-refractivity contribution is 5.67. The van der Waals surface area contributed by atoms with Crippen LogP contribution in [0.2, 0.25) is 0 Å². The van der Waals surface area contributed by atoms with E-state index in [4.69, 9.17) is 4.74 Å². The lowest BCUT2D eigenvalue weighted by Crippen LogP contribution is -2.14. The Hall–Kier alpha value is -1.64. The maximum atomic E-state index is 14.3. The molecule has 0 aromatic heterocycles. The molecule has 0 heterocycles. The number of halogens is 2. The fourth-order valence-corrected chi connectivity index (χ4v) is 5.32. The third-order valence-electron chi connectivity index (χ3n) is 7.40. The van der Waals surface area contributed by atoms with Crippen LogP contribution in [-0.2, 0) is 0 Å². The van der Waals surface area contributed by atoms with Crippen molar-refractivity contribution in [2.75, 3.05) is 7.11 Å². The van der Waals surface area contributed by atoms with E-state index >= 15 is 0 Å². The molecule has 0 amide bonds. The first-order valence-corrected chi connectivity index (χ1v) is 12.5. The predicted octanol–water partition coefficient (Wildman–Crippen LogP) is 8.88. The fraction of sp³-hybridized carbons (Fsp3) is 0.643. The summed E-state index contributed by atoms with van der Waals surface area (Å²) in [5.74, 6) is 0.702. The van der Waals surface area contributed by atoms with Crippen LogP contribution in [0, 0.1) is 29.4 Å². The Morgan fingerprint density at radius 1 is 0.968 bits per heavy atom. The van der Waals surface area contributed by atoms with Gasteiger partial charge in [-0.1, -0.05) is 76.5 Å². The fourth-order valence-electron chi connectivity index (χ4n) is 5.32. The number of methoxy groups -OCH3 is 1. The van der Waals surface area contributed by atoms with Gasteiger partial charge in [0, 0.05) is 5.56 Å². The van der Waals surface area contributed by atoms with Gasteiger partial charge in [0.25, 0.3) is 0 Å². The van der Waals surface area contributed by atoms with Gasteiger partial charge in [0.1, 0.15) is 0 Å². The molecule has 1 atom stereocenters. The van der Waals surface area contributed by atoms with Crippen LogP contribution in [0.4, 0.5) is 8.78 Å². The molecule has 0 bridgehead atoms. The maximum Gasteiger partial charge on any atom is 0.201 e. The van der Waals surface area contributed by atoms with Gasteiger partial charge < -0.3 is 4.74 Å². The number of unbranched alkanes of at least 4 members (excludes halogenated alkanes) is 2. The van der Waals surface area contributed by atoms with E-state index in [-0.39, 0.29) is 5.75 Å². The minimum atomic E-state index is -0.891. The first kappa shape index (κ1) is 24.0. The van der Waals surface area contributed by atoms with Crippen LogP contribution in [-0.4, -0.2) is 7.11 Å². The first-order valence-electron chi connectivity index (χ1n) is 12.5. The normalized spacial score (nSPS) is 24.4. The molecule has 1 unspecified atom stereocenters. The molecule has 172 valence electrons. The highest BCUT2D eigenvalue weighted by atomic mass is 19.2. The molecule has 1 aromatic carbocycles. The van der Waals surface area contributed by atoms with Crippen LogP contribution in [0.5, 0.6) is 5.75 Å². The molecule has 31 heavy (non-hydrogen) atoms. The molecule has 0 radical (unpaired) electrons. The molecule has 3 heteroatoms. The van der Waals surface area contributed by atoms with Crippen molar-refractivity contribution in [3.05, 3.63) is 47.6 Å². The van der Waals surface area contributed by atoms with Crippen molar-refractivity contribution in [2.45, 2.75) is 90.4 Å². The maximum absolute atomic E-state index is 14.3. The zero-order valence-electron chi connectivity index (χ0n) is 19.5. The van der Waals surface area contributed by atoms with Crippen molar-refractivity contribution in [1.82, 2.24) is 0 Å². The molecule has 1 fully saturated rings. The second-order valence-electron chi connectivity index (χ2n) is 9.60. The molecular formula is C28H40F2O. The number of rotatable bonds is 10. The monoisotopic (exact) mass is 430 g/mol. The molecule has 0 N–H and O–H groups in total. The minimum absolute atomic E-state index is 0.0385. The molecule has 1 aromatic rings. The van der Waals surface area contributed by atoms with Crippen molar-refractivity contribution >= 4 is 5.57 Å². The van der Waals surface area contributed by atoms with Crippen molar-refractivity contribution in [2.24, 2.45) is 17.8 Å². The summed E-state index contributed by atoms with van der Waals surface area (Å²) in [6.45, 7) is 2.29. The lowest BCUT2D eigenvalue weighted by molar-refractivity contribution is 0.250. The van der Waals surface area contributed by atoms with Crippen molar-refractivity contribution in [3.63, 3.8) is 0 Å². The summed E-state index contributed by atoms with van der Waals surface area (Å²) >= 11 is 0. The van der Waals surface area contributed by atoms with E-state index in [0.29, 0.717) is 11.5 Å². The number of ether oxygens (including phenoxy) is 1. The second kappa shape index (κ2) is 12.4. The number of benzene rings is 1. The minimum Gasteiger partial charge on any atom is -0.494 e. The van der Waals surface area contributed by atoms with Gasteiger partial charge in [0.05, 0.1) is 7.11 Å². The van der Waals surface area contributed by atoms with Gasteiger partial charge in [-0.3, -0.25) is 0 Å². The topological polar surface area (TPSA) is 9.23 Å². The van der Waals surface area contributed by atoms with Gasteiger partial charge in [0.15, 0.2) is 11.6 Å². The van der Waals surface area contributed by atoms with E-state index in [0.717, 1.165) is 36.7 Å². The summed E-state index contributed by atoms with van der Waals surface area (Å²) in [6.07, 6.45) is 23.3. The summed E-state index contributed by atoms with van der Waals surface area (Å²) < 4.78 is 33.2. The Morgan fingerprint density at radius 3 is 2.35 bits per heavy atom. The number of allylic oxidation sites excluding steroid dienone is 4. The highest BCUT2D eigenvalue weighted by Crippen LogP contribution is 2.36. The Morgan fingerprint density at radius 2 is 1.71 bits per heavy atom. The summed E-state index contributed by atoms with van der Waals surface area (Å²) in [7, 11) is 1.36. The average molecular weight is 431 g/mol. The SMILES string of the molecule is CCCCCC1CCC(CCC=CC2CC=C(c3ccc(OC)c(F)c3F)CC2)CC1. The van der Waals surface area contributed by atoms with Gasteiger partial charge in [-0.25, -0.2) is 4.39 Å². The molecule has 0 aliphatic heterocycles. The van der Waals surface area contributed by atoms with Gasteiger partial charge in [-0.2, -0.15) is 4.39 Å². The van der Waals surface area contributed by atoms with Gasteiger partial charge in [-0.05, 0) is 67.6 Å². The third kappa shape index (κ3) is 6.92. The van der Waals surface area contributed by atoms with E-state index in [1.54, 1.807) is 6.07 Å². The van der Waals surface area contributed by atoms with Crippen molar-refractivity contribution < 1.29 is 13.5 Å². The molecule has 1 nitrogen and oxygen atoms in total. The van der Waals surface area contributed by atoms with Crippen LogP contribution in [0.3, 0.4) is 0 Å². The van der Waals surface area contributed by atoms with Crippen LogP contribution in [0.1, 0.15) is 96.0 Å². The van der Waals surface area contributed by atoms with Crippen LogP contribution in [0.15, 0.2) is 30.4 Å². The summed E-state index contributed by atoms with van der Waals surface area (Å²) in [5.41, 5.74) is 1.30. The summed E-state index contributed by atoms with van der Waals surface area (Å²) in [5, 5.41) is 0. The molecular weight excluding hydrogens is 390 g/mol. The molecule has 0 saturated heterocycles. The Labute approximate surface area is 188 Å². The first-order chi connectivity index (χ1) is 15.1. The van der Waals surface area contributed by atoms with E-state index in [9.17, 15) is 8.78 Å². The van der Waals surface area contributed by atoms with Crippen LogP contribution >= 0.6 is 0 Å². The van der Waals surface area contributed by atoms with Crippen molar-refractivity contribution in [3.8, 4) is 5.75 Å². The van der Waals surface area contributed by atoms with Gasteiger partial charge in [-0.15, -0.1) is 0 Å². The zero-order chi connectivity index (χ0) is 22.1. The molecule has 2 aliphatic carbocycles. The predicted molar refractivity (Wildman–Crippen MR) is 126 cm³/mol. The van der Waals surface area contributed by atoms with Gasteiger partial charge in [0.2, 0.25) is 5.82 Å². The quantitative estimate of drug-likeness (QED) is 0.266. The molecule has 2 aliphatic rings. The lowest BCUT2D eigenvalue weighted by atomic mass is 9.78. The van der Waals surface area contributed by atoms with E-state index in [1.807, 2.05) is 0 Å². The molecule has 1 saturated carbocycles. The Kier molecular flexibility index (Phi) is 9.61. The Bertz CT molecular complexity index is 744. The molecule has 0 spiro atoms. The largest absolute Gasteiger partial charge is 0.494 e. The highest BCUT2D eigenvalue weighted by Gasteiger charge is 2.21. The standard InChI is InChI=1S/C28H40F2O/c1-3-4-5-8-21-11-13-22(14-12-21)9-6-7-10-23-15-17-24(18-16-23)25-19-20-26(31-2)28(30)27(25)29/h7,10,17,19-23H,3-6,8-9,11-16,18H2,1-2H3. The summed E-state index contributed by atoms with van der Waals surface area (Å²) in [4.78, 5) is 0. The zero-order valence-corrected chi connectivity index (χ0v) is 19.5. The molecule has 3 rings (SSSR count). The van der Waals surface area contributed by atoms with Gasteiger partial charge >= 0.3 is 0 Å². The van der Waals surface area contributed by atoms with Crippen molar-refractivity contribution in [1.29, 1.82) is 0 Å². The van der Waals surface area contributed by atoms with E-state index in [1.165, 1.54) is 77.4 Å². The smallest absolute Gasteiger partial charge is 0.201 e. The Balaban J connectivity index is 1.38. The number of hydrogen-bond acceptors (Lipinski definition) is 1. The van der Waals surface area contributed by atoms with E-state index in [2.05, 4.69) is 25.2 Å². The average Bonchev–Trinajstić information content (AvgIpc) is 2.80. The second-order valence-corrected chi connectivity index (χ2v) is 9.60. The number of hydrogen-bond donors (Lipinski definition) is 0. The van der Waals surface area contributed by atoms with Crippen LogP contribution in [0.25, 0.3) is 5.57 Å². The summed E-state index contributed by atoms with van der Waals surface area (Å²) in [6, 6.07) is 3.15.